The third-order valence-corrected chi connectivity index (χ3v) is 7.44. The summed E-state index contributed by atoms with van der Waals surface area (Å²) < 4.78 is 11.6. The normalized spacial score (nSPS) is 20.2. The van der Waals surface area contributed by atoms with Gasteiger partial charge in [0.1, 0.15) is 23.4 Å². The molecule has 4 rings (SSSR count). The fraction of sp³-hybridized carbons (Fsp3) is 0.484. The number of aliphatic hydroxyl groups excluding tert-OH is 1. The molecule has 0 aromatic heterocycles. The summed E-state index contributed by atoms with van der Waals surface area (Å²) in [6, 6.07) is 12.3. The molecule has 7 nitrogen and oxygen atoms in total. The van der Waals surface area contributed by atoms with Crippen molar-refractivity contribution in [3.05, 3.63) is 64.7 Å². The number of ketones is 1. The lowest BCUT2D eigenvalue weighted by molar-refractivity contribution is -0.140. The number of unbranched alkanes of at least 4 members (excludes halogenated alkanes) is 1. The van der Waals surface area contributed by atoms with E-state index in [2.05, 4.69) is 25.7 Å². The van der Waals surface area contributed by atoms with Crippen LogP contribution < -0.4 is 9.47 Å². The summed E-state index contributed by atoms with van der Waals surface area (Å²) in [6.07, 6.45) is 3.56. The van der Waals surface area contributed by atoms with Gasteiger partial charge in [-0.1, -0.05) is 39.3 Å². The second kappa shape index (κ2) is 12.5. The number of carbonyl (C=O) groups excluding carboxylic acids is 2. The summed E-state index contributed by atoms with van der Waals surface area (Å²) in [4.78, 5) is 30.6. The number of Topliss-reactive ketones (excluding diaryl/α,β-unsaturated/α-hetero) is 1. The summed E-state index contributed by atoms with van der Waals surface area (Å²) in [7, 11) is 0. The van der Waals surface area contributed by atoms with Crippen molar-refractivity contribution >= 4 is 17.4 Å². The first-order valence-electron chi connectivity index (χ1n) is 13.9. The Kier molecular flexibility index (Phi) is 9.10. The fourth-order valence-corrected chi connectivity index (χ4v) is 5.27. The first-order valence-corrected chi connectivity index (χ1v) is 13.9. The van der Waals surface area contributed by atoms with Gasteiger partial charge >= 0.3 is 0 Å². The zero-order valence-electron chi connectivity index (χ0n) is 23.0. The minimum atomic E-state index is -0.667. The van der Waals surface area contributed by atoms with E-state index in [0.29, 0.717) is 18.7 Å². The van der Waals surface area contributed by atoms with Crippen LogP contribution in [0.3, 0.4) is 0 Å². The number of rotatable bonds is 12. The van der Waals surface area contributed by atoms with Crippen LogP contribution >= 0.6 is 0 Å². The maximum Gasteiger partial charge on any atom is 0.295 e. The van der Waals surface area contributed by atoms with Crippen LogP contribution in [0, 0.1) is 0 Å². The Morgan fingerprint density at radius 1 is 1.08 bits per heavy atom. The van der Waals surface area contributed by atoms with E-state index in [9.17, 15) is 14.7 Å². The molecule has 204 valence electrons. The zero-order chi connectivity index (χ0) is 27.2. The van der Waals surface area contributed by atoms with Gasteiger partial charge in [-0.2, -0.15) is 0 Å². The van der Waals surface area contributed by atoms with Crippen molar-refractivity contribution in [2.24, 2.45) is 0 Å². The summed E-state index contributed by atoms with van der Waals surface area (Å²) in [6.45, 7) is 12.1. The number of fused-ring (bicyclic) bond motifs is 1. The van der Waals surface area contributed by atoms with Gasteiger partial charge in [0, 0.05) is 18.5 Å². The highest BCUT2D eigenvalue weighted by molar-refractivity contribution is 6.46. The average Bonchev–Trinajstić information content (AvgIpc) is 3.42. The van der Waals surface area contributed by atoms with Gasteiger partial charge in [-0.15, -0.1) is 0 Å². The lowest BCUT2D eigenvalue weighted by Gasteiger charge is -2.27. The summed E-state index contributed by atoms with van der Waals surface area (Å²) in [5.41, 5.74) is 2.41. The Labute approximate surface area is 226 Å². The summed E-state index contributed by atoms with van der Waals surface area (Å²) >= 11 is 0. The molecule has 2 heterocycles. The van der Waals surface area contributed by atoms with E-state index in [1.54, 1.807) is 11.0 Å². The van der Waals surface area contributed by atoms with Crippen LogP contribution in [0.4, 0.5) is 0 Å². The van der Waals surface area contributed by atoms with Crippen molar-refractivity contribution in [3.8, 4) is 11.5 Å². The Balaban J connectivity index is 1.69. The van der Waals surface area contributed by atoms with Crippen LogP contribution in [-0.4, -0.2) is 65.5 Å². The number of amides is 1. The molecule has 2 aromatic rings. The third-order valence-electron chi connectivity index (χ3n) is 7.44. The molecule has 7 heteroatoms. The van der Waals surface area contributed by atoms with Crippen molar-refractivity contribution < 1.29 is 24.2 Å². The van der Waals surface area contributed by atoms with Crippen molar-refractivity contribution in [2.75, 3.05) is 32.8 Å². The average molecular weight is 521 g/mol. The van der Waals surface area contributed by atoms with Gasteiger partial charge in [-0.25, -0.2) is 0 Å². The Hall–Kier alpha value is -3.32. The number of likely N-dealkylation sites (tertiary alicyclic amines) is 1. The topological polar surface area (TPSA) is 79.3 Å². The first-order chi connectivity index (χ1) is 18.4. The molecule has 0 bridgehead atoms. The van der Waals surface area contributed by atoms with E-state index < -0.39 is 17.7 Å². The van der Waals surface area contributed by atoms with Crippen LogP contribution in [0.1, 0.15) is 69.7 Å². The first kappa shape index (κ1) is 27.7. The van der Waals surface area contributed by atoms with Crippen LogP contribution in [0.5, 0.6) is 11.5 Å². The molecule has 0 spiro atoms. The van der Waals surface area contributed by atoms with Crippen LogP contribution in [0.25, 0.3) is 5.76 Å². The molecule has 0 saturated carbocycles. The number of carbonyl (C=O) groups is 2. The van der Waals surface area contributed by atoms with Gasteiger partial charge in [0.15, 0.2) is 0 Å². The quantitative estimate of drug-likeness (QED) is 0.176. The highest BCUT2D eigenvalue weighted by Gasteiger charge is 2.46. The summed E-state index contributed by atoms with van der Waals surface area (Å²) in [5, 5.41) is 11.4. The molecule has 2 aromatic carbocycles. The van der Waals surface area contributed by atoms with E-state index in [1.165, 1.54) is 0 Å². The molecule has 1 amide bonds. The smallest absolute Gasteiger partial charge is 0.295 e. The van der Waals surface area contributed by atoms with Gasteiger partial charge in [0.25, 0.3) is 11.7 Å². The molecule has 1 saturated heterocycles. The molecule has 2 atom stereocenters. The maximum atomic E-state index is 13.4. The van der Waals surface area contributed by atoms with E-state index in [1.807, 2.05) is 43.3 Å². The van der Waals surface area contributed by atoms with E-state index in [-0.39, 0.29) is 17.4 Å². The predicted molar refractivity (Wildman–Crippen MR) is 148 cm³/mol. The SMILES string of the molecule is CCCCOc1ccc([C@H]2C(=C(O)c3ccc4c(c3)C[C@@H](C)O4)C(=O)C(=O)N2CCCN(CC)CC)cc1. The molecular weight excluding hydrogens is 480 g/mol. The van der Waals surface area contributed by atoms with Gasteiger partial charge in [-0.05, 0) is 80.9 Å². The lowest BCUT2D eigenvalue weighted by atomic mass is 9.94. The highest BCUT2D eigenvalue weighted by atomic mass is 16.5. The van der Waals surface area contributed by atoms with Gasteiger partial charge in [-0.3, -0.25) is 9.59 Å². The van der Waals surface area contributed by atoms with Crippen molar-refractivity contribution in [1.29, 1.82) is 0 Å². The van der Waals surface area contributed by atoms with Crippen LogP contribution in [0.2, 0.25) is 0 Å². The molecule has 1 fully saturated rings. The number of aliphatic hydroxyl groups is 1. The standard InChI is InChI=1S/C31H40N2O5/c1-5-8-18-37-25-13-10-22(11-14-25)28-27(29(34)23-12-15-26-24(20-23)19-21(4)38-26)30(35)31(36)33(28)17-9-16-32(6-2)7-3/h10-15,20-21,28,34H,5-9,16-19H2,1-4H3/t21-,28+/m1/s1. The monoisotopic (exact) mass is 520 g/mol. The van der Waals surface area contributed by atoms with E-state index >= 15 is 0 Å². The van der Waals surface area contributed by atoms with Gasteiger partial charge in [0.05, 0.1) is 18.2 Å². The number of ether oxygens (including phenoxy) is 2. The predicted octanol–water partition coefficient (Wildman–Crippen LogP) is 5.34. The lowest BCUT2D eigenvalue weighted by Crippen LogP contribution is -2.33. The molecular formula is C31H40N2O5. The van der Waals surface area contributed by atoms with Crippen LogP contribution in [-0.2, 0) is 16.0 Å². The molecule has 0 unspecified atom stereocenters. The van der Waals surface area contributed by atoms with E-state index in [4.69, 9.17) is 9.47 Å². The second-order valence-corrected chi connectivity index (χ2v) is 10.1. The second-order valence-electron chi connectivity index (χ2n) is 10.1. The minimum absolute atomic E-state index is 0.0665. The molecule has 0 radical (unpaired) electrons. The molecule has 0 aliphatic carbocycles. The van der Waals surface area contributed by atoms with Gasteiger partial charge < -0.3 is 24.4 Å². The molecule has 1 N–H and O–H groups in total. The number of nitrogens with zero attached hydrogens (tertiary/aromatic N) is 2. The van der Waals surface area contributed by atoms with Crippen LogP contribution in [0.15, 0.2) is 48.0 Å². The number of hydrogen-bond acceptors (Lipinski definition) is 6. The largest absolute Gasteiger partial charge is 0.507 e. The number of hydrogen-bond donors (Lipinski definition) is 1. The molecule has 2 aliphatic rings. The van der Waals surface area contributed by atoms with Crippen molar-refractivity contribution in [3.63, 3.8) is 0 Å². The van der Waals surface area contributed by atoms with Crippen molar-refractivity contribution in [2.45, 2.75) is 65.5 Å². The minimum Gasteiger partial charge on any atom is -0.507 e. The summed E-state index contributed by atoms with van der Waals surface area (Å²) in [5.74, 6) is 0.168. The van der Waals surface area contributed by atoms with E-state index in [0.717, 1.165) is 67.9 Å². The maximum absolute atomic E-state index is 13.4. The Bertz CT molecular complexity index is 1170. The Morgan fingerprint density at radius 2 is 1.82 bits per heavy atom. The molecule has 38 heavy (non-hydrogen) atoms. The third kappa shape index (κ3) is 5.88. The highest BCUT2D eigenvalue weighted by Crippen LogP contribution is 2.41. The Morgan fingerprint density at radius 3 is 2.50 bits per heavy atom. The fourth-order valence-electron chi connectivity index (χ4n) is 5.27. The zero-order valence-corrected chi connectivity index (χ0v) is 23.0. The number of benzene rings is 2. The molecule has 2 aliphatic heterocycles. The van der Waals surface area contributed by atoms with Crippen molar-refractivity contribution in [1.82, 2.24) is 9.80 Å². The van der Waals surface area contributed by atoms with Gasteiger partial charge in [0.2, 0.25) is 0 Å².